The van der Waals surface area contributed by atoms with E-state index in [1.165, 1.54) is 0 Å². The molecule has 1 amide bonds. The highest BCUT2D eigenvalue weighted by molar-refractivity contribution is 14.1. The number of amides is 1. The fourth-order valence-corrected chi connectivity index (χ4v) is 2.03. The van der Waals surface area contributed by atoms with E-state index in [-0.39, 0.29) is 11.8 Å². The summed E-state index contributed by atoms with van der Waals surface area (Å²) < 4.78 is 1.14. The lowest BCUT2D eigenvalue weighted by molar-refractivity contribution is -0.117. The monoisotopic (exact) mass is 301 g/mol. The number of anilines is 1. The van der Waals surface area contributed by atoms with Crippen molar-refractivity contribution < 1.29 is 4.79 Å². The van der Waals surface area contributed by atoms with Crippen molar-refractivity contribution in [2.75, 3.05) is 5.32 Å². The number of benzene rings is 1. The van der Waals surface area contributed by atoms with Gasteiger partial charge >= 0.3 is 0 Å². The molecule has 1 fully saturated rings. The van der Waals surface area contributed by atoms with Crippen LogP contribution in [0.2, 0.25) is 0 Å². The summed E-state index contributed by atoms with van der Waals surface area (Å²) in [6.07, 6.45) is 1.04. The standard InChI is InChI=1S/C11H12INO/c1-7-5-10(7)11(14)13-9-4-2-3-8(12)6-9/h2-4,6-7,10H,5H2,1H3,(H,13,14)/t7-,10+/m1/s1. The van der Waals surface area contributed by atoms with Crippen LogP contribution in [0.25, 0.3) is 0 Å². The molecule has 0 radical (unpaired) electrons. The van der Waals surface area contributed by atoms with Gasteiger partial charge in [-0.05, 0) is 53.1 Å². The molecule has 0 saturated heterocycles. The minimum atomic E-state index is 0.166. The third kappa shape index (κ3) is 2.26. The normalized spacial score (nSPS) is 24.4. The number of halogens is 1. The van der Waals surface area contributed by atoms with E-state index in [4.69, 9.17) is 0 Å². The van der Waals surface area contributed by atoms with Gasteiger partial charge in [-0.3, -0.25) is 4.79 Å². The maximum absolute atomic E-state index is 11.6. The molecule has 1 aliphatic carbocycles. The Hall–Kier alpha value is -0.580. The molecule has 1 saturated carbocycles. The van der Waals surface area contributed by atoms with Gasteiger partial charge < -0.3 is 5.32 Å². The minimum Gasteiger partial charge on any atom is -0.326 e. The van der Waals surface area contributed by atoms with E-state index >= 15 is 0 Å². The topological polar surface area (TPSA) is 29.1 Å². The maximum atomic E-state index is 11.6. The zero-order chi connectivity index (χ0) is 10.1. The van der Waals surface area contributed by atoms with Crippen LogP contribution in [0.4, 0.5) is 5.69 Å². The van der Waals surface area contributed by atoms with Crippen molar-refractivity contribution in [2.24, 2.45) is 11.8 Å². The van der Waals surface area contributed by atoms with Gasteiger partial charge in [-0.25, -0.2) is 0 Å². The molecule has 2 atom stereocenters. The summed E-state index contributed by atoms with van der Waals surface area (Å²) in [7, 11) is 0. The number of carbonyl (C=O) groups excluding carboxylic acids is 1. The second-order valence-electron chi connectivity index (χ2n) is 3.82. The van der Waals surface area contributed by atoms with Crippen LogP contribution in [-0.4, -0.2) is 5.91 Å². The van der Waals surface area contributed by atoms with Gasteiger partial charge in [-0.2, -0.15) is 0 Å². The Labute approximate surface area is 97.2 Å². The average molecular weight is 301 g/mol. The highest BCUT2D eigenvalue weighted by atomic mass is 127. The molecule has 1 aromatic rings. The highest BCUT2D eigenvalue weighted by Gasteiger charge is 2.38. The summed E-state index contributed by atoms with van der Waals surface area (Å²) in [6.45, 7) is 2.11. The van der Waals surface area contributed by atoms with Crippen molar-refractivity contribution >= 4 is 34.2 Å². The Morgan fingerprint density at radius 1 is 1.57 bits per heavy atom. The SMILES string of the molecule is C[C@@H]1C[C@@H]1C(=O)Nc1cccc(I)c1. The quantitative estimate of drug-likeness (QED) is 0.836. The van der Waals surface area contributed by atoms with Gasteiger partial charge in [0.15, 0.2) is 0 Å². The third-order valence-corrected chi connectivity index (χ3v) is 3.21. The van der Waals surface area contributed by atoms with Gasteiger partial charge in [0.2, 0.25) is 5.91 Å². The molecule has 1 aromatic carbocycles. The molecular formula is C11H12INO. The number of nitrogens with one attached hydrogen (secondary N) is 1. The smallest absolute Gasteiger partial charge is 0.227 e. The van der Waals surface area contributed by atoms with E-state index in [0.29, 0.717) is 5.92 Å². The van der Waals surface area contributed by atoms with Crippen LogP contribution in [0.5, 0.6) is 0 Å². The molecular weight excluding hydrogens is 289 g/mol. The van der Waals surface area contributed by atoms with Crippen LogP contribution in [0.1, 0.15) is 13.3 Å². The van der Waals surface area contributed by atoms with Crippen molar-refractivity contribution in [2.45, 2.75) is 13.3 Å². The van der Waals surface area contributed by atoms with Gasteiger partial charge in [0.05, 0.1) is 0 Å². The van der Waals surface area contributed by atoms with Crippen LogP contribution >= 0.6 is 22.6 Å². The summed E-state index contributed by atoms with van der Waals surface area (Å²) in [5.74, 6) is 0.977. The van der Waals surface area contributed by atoms with Crippen LogP contribution in [0.3, 0.4) is 0 Å². The summed E-state index contributed by atoms with van der Waals surface area (Å²) in [5.41, 5.74) is 0.904. The first kappa shape index (κ1) is 9.96. The molecule has 14 heavy (non-hydrogen) atoms. The van der Waals surface area contributed by atoms with Gasteiger partial charge in [-0.15, -0.1) is 0 Å². The molecule has 0 spiro atoms. The van der Waals surface area contributed by atoms with E-state index in [2.05, 4.69) is 34.8 Å². The molecule has 1 aliphatic rings. The Balaban J connectivity index is 2.00. The second kappa shape index (κ2) is 3.88. The largest absolute Gasteiger partial charge is 0.326 e. The number of rotatable bonds is 2. The first-order valence-electron chi connectivity index (χ1n) is 4.73. The van der Waals surface area contributed by atoms with Crippen molar-refractivity contribution in [3.05, 3.63) is 27.8 Å². The molecule has 1 N–H and O–H groups in total. The van der Waals surface area contributed by atoms with Gasteiger partial charge in [0.25, 0.3) is 0 Å². The summed E-state index contributed by atoms with van der Waals surface area (Å²) in [4.78, 5) is 11.6. The first-order valence-corrected chi connectivity index (χ1v) is 5.81. The Morgan fingerprint density at radius 3 is 2.86 bits per heavy atom. The van der Waals surface area contributed by atoms with E-state index < -0.39 is 0 Å². The Morgan fingerprint density at radius 2 is 2.29 bits per heavy atom. The maximum Gasteiger partial charge on any atom is 0.227 e. The lowest BCUT2D eigenvalue weighted by Crippen LogP contribution is -2.14. The molecule has 2 nitrogen and oxygen atoms in total. The molecule has 2 rings (SSSR count). The van der Waals surface area contributed by atoms with Crippen molar-refractivity contribution in [1.29, 1.82) is 0 Å². The van der Waals surface area contributed by atoms with Gasteiger partial charge in [0.1, 0.15) is 0 Å². The van der Waals surface area contributed by atoms with Crippen molar-refractivity contribution in [3.8, 4) is 0 Å². The third-order valence-electron chi connectivity index (χ3n) is 2.54. The Kier molecular flexibility index (Phi) is 2.76. The zero-order valence-electron chi connectivity index (χ0n) is 7.96. The average Bonchev–Trinajstić information content (AvgIpc) is 2.82. The molecule has 0 unspecified atom stereocenters. The fourth-order valence-electron chi connectivity index (χ4n) is 1.49. The molecule has 3 heteroatoms. The van der Waals surface area contributed by atoms with Crippen LogP contribution in [-0.2, 0) is 4.79 Å². The van der Waals surface area contributed by atoms with Crippen LogP contribution < -0.4 is 5.32 Å². The van der Waals surface area contributed by atoms with E-state index in [1.54, 1.807) is 0 Å². The number of hydrogen-bond donors (Lipinski definition) is 1. The minimum absolute atomic E-state index is 0.166. The zero-order valence-corrected chi connectivity index (χ0v) is 10.1. The van der Waals surface area contributed by atoms with Crippen molar-refractivity contribution in [1.82, 2.24) is 0 Å². The summed E-state index contributed by atoms with van der Waals surface area (Å²) in [5, 5.41) is 2.93. The molecule has 0 bridgehead atoms. The predicted octanol–water partition coefficient (Wildman–Crippen LogP) is 2.89. The molecule has 0 heterocycles. The summed E-state index contributed by atoms with van der Waals surface area (Å²) in [6, 6.07) is 7.86. The van der Waals surface area contributed by atoms with Gasteiger partial charge in [-0.1, -0.05) is 13.0 Å². The first-order chi connectivity index (χ1) is 6.66. The van der Waals surface area contributed by atoms with E-state index in [9.17, 15) is 4.79 Å². The lowest BCUT2D eigenvalue weighted by Gasteiger charge is -2.04. The Bertz CT molecular complexity index is 364. The molecule has 0 aromatic heterocycles. The molecule has 0 aliphatic heterocycles. The van der Waals surface area contributed by atoms with E-state index in [1.807, 2.05) is 24.3 Å². The predicted molar refractivity (Wildman–Crippen MR) is 65.1 cm³/mol. The highest BCUT2D eigenvalue weighted by Crippen LogP contribution is 2.38. The summed E-state index contributed by atoms with van der Waals surface area (Å²) >= 11 is 2.24. The van der Waals surface area contributed by atoms with Crippen LogP contribution in [0, 0.1) is 15.4 Å². The van der Waals surface area contributed by atoms with Crippen molar-refractivity contribution in [3.63, 3.8) is 0 Å². The lowest BCUT2D eigenvalue weighted by atomic mass is 10.3. The number of hydrogen-bond acceptors (Lipinski definition) is 1. The van der Waals surface area contributed by atoms with Crippen LogP contribution in [0.15, 0.2) is 24.3 Å². The van der Waals surface area contributed by atoms with Gasteiger partial charge in [0, 0.05) is 15.2 Å². The fraction of sp³-hybridized carbons (Fsp3) is 0.364. The van der Waals surface area contributed by atoms with E-state index in [0.717, 1.165) is 15.7 Å². The number of carbonyl (C=O) groups is 1. The molecule has 74 valence electrons. The second-order valence-corrected chi connectivity index (χ2v) is 5.06.